The summed E-state index contributed by atoms with van der Waals surface area (Å²) in [5.74, 6) is 0.758. The molecule has 1 radical (unpaired) electrons. The zero-order valence-corrected chi connectivity index (χ0v) is 8.37. The Morgan fingerprint density at radius 1 is 1.07 bits per heavy atom. The highest BCUT2D eigenvalue weighted by Gasteiger charge is 2.04. The molecule has 0 fully saturated rings. The average molecular weight is 196 g/mol. The summed E-state index contributed by atoms with van der Waals surface area (Å²) < 4.78 is 5.14. The molecule has 73 valence electrons. The van der Waals surface area contributed by atoms with E-state index in [9.17, 15) is 0 Å². The molecule has 0 aliphatic carbocycles. The number of rotatable bonds is 1. The quantitative estimate of drug-likeness (QED) is 0.635. The van der Waals surface area contributed by atoms with Crippen molar-refractivity contribution in [2.24, 2.45) is 0 Å². The van der Waals surface area contributed by atoms with Crippen molar-refractivity contribution in [3.8, 4) is 5.75 Å². The van der Waals surface area contributed by atoms with Crippen molar-refractivity contribution in [1.82, 2.24) is 4.98 Å². The Bertz CT molecular complexity index is 625. The van der Waals surface area contributed by atoms with Crippen LogP contribution in [-0.2, 0) is 0 Å². The molecule has 2 heteroatoms. The zero-order chi connectivity index (χ0) is 10.3. The van der Waals surface area contributed by atoms with E-state index in [1.165, 1.54) is 10.8 Å². The molecule has 1 heterocycles. The van der Waals surface area contributed by atoms with E-state index < -0.39 is 0 Å². The molecular weight excluding hydrogens is 186 g/mol. The van der Waals surface area contributed by atoms with Gasteiger partial charge in [-0.3, -0.25) is 0 Å². The van der Waals surface area contributed by atoms with Crippen molar-refractivity contribution in [2.45, 2.75) is 0 Å². The Hall–Kier alpha value is -1.96. The van der Waals surface area contributed by atoms with E-state index in [2.05, 4.69) is 29.2 Å². The third kappa shape index (κ3) is 1.18. The number of benzene rings is 2. The first-order valence-corrected chi connectivity index (χ1v) is 4.85. The molecule has 0 spiro atoms. The highest BCUT2D eigenvalue weighted by Crippen LogP contribution is 2.27. The number of H-pyrrole nitrogens is 1. The van der Waals surface area contributed by atoms with Gasteiger partial charge >= 0.3 is 0 Å². The van der Waals surface area contributed by atoms with Crippen LogP contribution in [0.2, 0.25) is 0 Å². The minimum atomic E-state index is 0.758. The minimum absolute atomic E-state index is 0.758. The highest BCUT2D eigenvalue weighted by molar-refractivity contribution is 6.07. The first-order valence-electron chi connectivity index (χ1n) is 4.85. The maximum absolute atomic E-state index is 5.14. The second kappa shape index (κ2) is 3.02. The fraction of sp³-hybridized carbons (Fsp3) is 0.0769. The summed E-state index contributed by atoms with van der Waals surface area (Å²) >= 11 is 0. The molecule has 0 unspecified atom stereocenters. The number of aromatic nitrogens is 1. The number of methoxy groups -OCH3 is 1. The average Bonchev–Trinajstić information content (AvgIpc) is 2.66. The Labute approximate surface area is 87.5 Å². The van der Waals surface area contributed by atoms with Crippen LogP contribution in [-0.4, -0.2) is 12.1 Å². The second-order valence-corrected chi connectivity index (χ2v) is 3.49. The molecule has 3 aromatic rings. The summed E-state index contributed by atoms with van der Waals surface area (Å²) in [6.07, 6.45) is 0. The lowest BCUT2D eigenvalue weighted by Gasteiger charge is -1.97. The van der Waals surface area contributed by atoms with Crippen LogP contribution in [0.3, 0.4) is 0 Å². The lowest BCUT2D eigenvalue weighted by atomic mass is 10.1. The molecule has 1 aromatic heterocycles. The van der Waals surface area contributed by atoms with E-state index in [0.29, 0.717) is 0 Å². The molecule has 0 atom stereocenters. The van der Waals surface area contributed by atoms with Gasteiger partial charge < -0.3 is 9.72 Å². The van der Waals surface area contributed by atoms with Gasteiger partial charge in [0.1, 0.15) is 5.75 Å². The van der Waals surface area contributed by atoms with Gasteiger partial charge in [-0.2, -0.15) is 0 Å². The minimum Gasteiger partial charge on any atom is -0.496 e. The van der Waals surface area contributed by atoms with Gasteiger partial charge in [0.15, 0.2) is 0 Å². The van der Waals surface area contributed by atoms with Crippen LogP contribution in [0.15, 0.2) is 36.4 Å². The van der Waals surface area contributed by atoms with Crippen LogP contribution in [0.5, 0.6) is 5.75 Å². The molecule has 0 saturated carbocycles. The number of aromatic amines is 1. The van der Waals surface area contributed by atoms with E-state index in [0.717, 1.165) is 16.8 Å². The van der Waals surface area contributed by atoms with Gasteiger partial charge in [0.25, 0.3) is 0 Å². The summed E-state index contributed by atoms with van der Waals surface area (Å²) in [5.41, 5.74) is 2.13. The Morgan fingerprint density at radius 3 is 2.80 bits per heavy atom. The number of para-hydroxylation sites is 1. The van der Waals surface area contributed by atoms with Crippen LogP contribution in [0.4, 0.5) is 0 Å². The summed E-state index contributed by atoms with van der Waals surface area (Å²) in [5, 5.41) is 2.41. The van der Waals surface area contributed by atoms with Crippen molar-refractivity contribution in [3.05, 3.63) is 42.5 Å². The third-order valence-electron chi connectivity index (χ3n) is 2.62. The summed E-state index contributed by atoms with van der Waals surface area (Å²) in [4.78, 5) is 3.32. The van der Waals surface area contributed by atoms with Crippen molar-refractivity contribution >= 4 is 21.8 Å². The first-order chi connectivity index (χ1) is 7.38. The van der Waals surface area contributed by atoms with Crippen LogP contribution < -0.4 is 4.74 Å². The van der Waals surface area contributed by atoms with E-state index in [1.807, 2.05) is 18.2 Å². The van der Waals surface area contributed by atoms with Gasteiger partial charge in [-0.25, -0.2) is 0 Å². The van der Waals surface area contributed by atoms with Crippen molar-refractivity contribution < 1.29 is 4.74 Å². The molecule has 0 bridgehead atoms. The van der Waals surface area contributed by atoms with Crippen LogP contribution >= 0.6 is 0 Å². The Morgan fingerprint density at radius 2 is 1.93 bits per heavy atom. The van der Waals surface area contributed by atoms with Gasteiger partial charge in [-0.1, -0.05) is 18.2 Å². The normalized spacial score (nSPS) is 11.0. The summed E-state index contributed by atoms with van der Waals surface area (Å²) in [6, 6.07) is 15.4. The number of fused-ring (bicyclic) bond motifs is 3. The standard InChI is InChI=1S/C13H10NO/c1-15-9-6-7-11-10-4-2-3-5-12(10)14-13(11)8-9/h2-7,14H,1H3. The highest BCUT2D eigenvalue weighted by atomic mass is 16.5. The molecule has 2 aromatic carbocycles. The number of hydrogen-bond acceptors (Lipinski definition) is 1. The number of ether oxygens (including phenoxy) is 1. The van der Waals surface area contributed by atoms with Crippen molar-refractivity contribution in [2.75, 3.05) is 7.11 Å². The number of hydrogen-bond donors (Lipinski definition) is 1. The zero-order valence-electron chi connectivity index (χ0n) is 8.37. The first kappa shape index (κ1) is 8.36. The molecular formula is C13H10NO. The van der Waals surface area contributed by atoms with Crippen LogP contribution in [0.1, 0.15) is 0 Å². The van der Waals surface area contributed by atoms with E-state index in [-0.39, 0.29) is 0 Å². The van der Waals surface area contributed by atoms with Gasteiger partial charge in [-0.15, -0.1) is 0 Å². The molecule has 0 aliphatic rings. The van der Waals surface area contributed by atoms with E-state index in [4.69, 9.17) is 4.74 Å². The van der Waals surface area contributed by atoms with Gasteiger partial charge in [0.05, 0.1) is 18.7 Å². The summed E-state index contributed by atoms with van der Waals surface area (Å²) in [6.45, 7) is 0. The number of nitrogens with one attached hydrogen (secondary N) is 1. The van der Waals surface area contributed by atoms with Gasteiger partial charge in [-0.05, 0) is 18.2 Å². The van der Waals surface area contributed by atoms with E-state index in [1.54, 1.807) is 7.11 Å². The maximum Gasteiger partial charge on any atom is 0.129 e. The van der Waals surface area contributed by atoms with E-state index >= 15 is 0 Å². The largest absolute Gasteiger partial charge is 0.496 e. The molecule has 0 amide bonds. The second-order valence-electron chi connectivity index (χ2n) is 3.49. The van der Waals surface area contributed by atoms with Crippen molar-refractivity contribution in [1.29, 1.82) is 0 Å². The van der Waals surface area contributed by atoms with Gasteiger partial charge in [0.2, 0.25) is 0 Å². The predicted molar refractivity (Wildman–Crippen MR) is 61.2 cm³/mol. The SMILES string of the molecule is COc1[c]c2[nH]c3ccccc3c2cc1. The molecule has 2 nitrogen and oxygen atoms in total. The lowest BCUT2D eigenvalue weighted by molar-refractivity contribution is 0.414. The Kier molecular flexibility index (Phi) is 1.68. The van der Waals surface area contributed by atoms with Crippen LogP contribution in [0, 0.1) is 6.07 Å². The molecule has 1 N–H and O–H groups in total. The van der Waals surface area contributed by atoms with Crippen LogP contribution in [0.25, 0.3) is 21.8 Å². The Balaban J connectivity index is 2.43. The fourth-order valence-electron chi connectivity index (χ4n) is 1.88. The smallest absolute Gasteiger partial charge is 0.129 e. The molecule has 3 rings (SSSR count). The predicted octanol–water partition coefficient (Wildman–Crippen LogP) is 3.13. The maximum atomic E-state index is 5.14. The molecule has 0 aliphatic heterocycles. The third-order valence-corrected chi connectivity index (χ3v) is 2.62. The molecule has 15 heavy (non-hydrogen) atoms. The van der Waals surface area contributed by atoms with Gasteiger partial charge in [0, 0.05) is 16.3 Å². The summed E-state index contributed by atoms with van der Waals surface area (Å²) in [7, 11) is 1.65. The molecule has 0 saturated heterocycles. The monoisotopic (exact) mass is 196 g/mol. The fourth-order valence-corrected chi connectivity index (χ4v) is 1.88. The lowest BCUT2D eigenvalue weighted by Crippen LogP contribution is -1.81. The van der Waals surface area contributed by atoms with Crippen molar-refractivity contribution in [3.63, 3.8) is 0 Å². The topological polar surface area (TPSA) is 25.0 Å².